The Morgan fingerprint density at radius 3 is 2.62 bits per heavy atom. The number of rotatable bonds is 4. The van der Waals surface area contributed by atoms with E-state index in [1.165, 1.54) is 0 Å². The third-order valence-corrected chi connectivity index (χ3v) is 5.68. The van der Waals surface area contributed by atoms with E-state index in [1.54, 1.807) is 15.8 Å². The van der Waals surface area contributed by atoms with Gasteiger partial charge in [0.05, 0.1) is 29.1 Å². The number of likely N-dealkylation sites (tertiary alicyclic amines) is 1. The van der Waals surface area contributed by atoms with Gasteiger partial charge < -0.3 is 10.0 Å². The van der Waals surface area contributed by atoms with Gasteiger partial charge in [-0.15, -0.1) is 0 Å². The summed E-state index contributed by atoms with van der Waals surface area (Å²) in [4.78, 5) is 26.3. The second-order valence-corrected chi connectivity index (χ2v) is 7.55. The number of carboxylic acids is 1. The zero-order chi connectivity index (χ0) is 18.4. The van der Waals surface area contributed by atoms with E-state index in [2.05, 4.69) is 5.10 Å². The summed E-state index contributed by atoms with van der Waals surface area (Å²) in [5.74, 6) is -0.799. The Kier molecular flexibility index (Phi) is 4.05. The van der Waals surface area contributed by atoms with Gasteiger partial charge in [0.25, 0.3) is 5.91 Å². The normalized spacial score (nSPS) is 22.6. The maximum absolute atomic E-state index is 13.0. The lowest BCUT2D eigenvalue weighted by Gasteiger charge is -2.16. The molecule has 136 valence electrons. The predicted molar refractivity (Wildman–Crippen MR) is 96.3 cm³/mol. The standard InChI is InChI=1S/C20H23N3O3/c1-12-4-3-5-15(8-12)23-13(2)16(9-21-23)19(24)22-10-17(14-6-7-14)18(11-22)20(25)26/h3-5,8-9,14,17-18H,6-7,10-11H2,1-2H3,(H,25,26)/t17-,18+/m1/s1. The maximum atomic E-state index is 13.0. The third kappa shape index (κ3) is 2.89. The lowest BCUT2D eigenvalue weighted by atomic mass is 9.92. The smallest absolute Gasteiger partial charge is 0.308 e. The Bertz CT molecular complexity index is 869. The van der Waals surface area contributed by atoms with Crippen LogP contribution < -0.4 is 0 Å². The average Bonchev–Trinajstić information content (AvgIpc) is 3.23. The highest BCUT2D eigenvalue weighted by molar-refractivity contribution is 5.95. The number of hydrogen-bond acceptors (Lipinski definition) is 3. The van der Waals surface area contributed by atoms with Gasteiger partial charge in [0, 0.05) is 13.1 Å². The third-order valence-electron chi connectivity index (χ3n) is 5.68. The van der Waals surface area contributed by atoms with E-state index in [9.17, 15) is 14.7 Å². The van der Waals surface area contributed by atoms with E-state index in [0.29, 0.717) is 24.6 Å². The van der Waals surface area contributed by atoms with E-state index in [0.717, 1.165) is 29.8 Å². The van der Waals surface area contributed by atoms with Crippen LogP contribution in [0.25, 0.3) is 5.69 Å². The molecule has 6 nitrogen and oxygen atoms in total. The minimum absolute atomic E-state index is 0.0866. The lowest BCUT2D eigenvalue weighted by molar-refractivity contribution is -0.142. The fourth-order valence-electron chi connectivity index (χ4n) is 4.07. The van der Waals surface area contributed by atoms with E-state index in [1.807, 2.05) is 38.1 Å². The Labute approximate surface area is 152 Å². The molecule has 1 aromatic carbocycles. The first-order valence-electron chi connectivity index (χ1n) is 9.09. The van der Waals surface area contributed by atoms with Crippen molar-refractivity contribution in [1.82, 2.24) is 14.7 Å². The zero-order valence-electron chi connectivity index (χ0n) is 15.1. The van der Waals surface area contributed by atoms with Crippen molar-refractivity contribution in [1.29, 1.82) is 0 Å². The number of aromatic nitrogens is 2. The number of hydrogen-bond donors (Lipinski definition) is 1. The predicted octanol–water partition coefficient (Wildman–Crippen LogP) is 2.67. The number of amides is 1. The van der Waals surface area contributed by atoms with Crippen LogP contribution in [0.15, 0.2) is 30.5 Å². The molecular weight excluding hydrogens is 330 g/mol. The Morgan fingerprint density at radius 1 is 1.19 bits per heavy atom. The van der Waals surface area contributed by atoms with Gasteiger partial charge in [-0.25, -0.2) is 4.68 Å². The number of carbonyl (C=O) groups excluding carboxylic acids is 1. The maximum Gasteiger partial charge on any atom is 0.308 e. The average molecular weight is 353 g/mol. The van der Waals surface area contributed by atoms with Gasteiger partial charge in [0.1, 0.15) is 0 Å². The molecule has 0 radical (unpaired) electrons. The number of carboxylic acid groups (broad SMARTS) is 1. The van der Waals surface area contributed by atoms with Gasteiger partial charge in [-0.2, -0.15) is 5.10 Å². The van der Waals surface area contributed by atoms with Crippen LogP contribution in [0.3, 0.4) is 0 Å². The lowest BCUT2D eigenvalue weighted by Crippen LogP contribution is -2.30. The molecule has 4 rings (SSSR count). The summed E-state index contributed by atoms with van der Waals surface area (Å²) in [5.41, 5.74) is 3.37. The van der Waals surface area contributed by atoms with Gasteiger partial charge in [-0.05, 0) is 56.2 Å². The van der Waals surface area contributed by atoms with Crippen LogP contribution in [0, 0.1) is 31.6 Å². The van der Waals surface area contributed by atoms with Crippen LogP contribution in [0.1, 0.15) is 34.5 Å². The quantitative estimate of drug-likeness (QED) is 0.917. The van der Waals surface area contributed by atoms with E-state index in [-0.39, 0.29) is 11.8 Å². The molecular formula is C20H23N3O3. The van der Waals surface area contributed by atoms with Crippen molar-refractivity contribution in [3.63, 3.8) is 0 Å². The molecule has 0 unspecified atom stereocenters. The molecule has 26 heavy (non-hydrogen) atoms. The van der Waals surface area contributed by atoms with Crippen LogP contribution >= 0.6 is 0 Å². The molecule has 1 aliphatic heterocycles. The van der Waals surface area contributed by atoms with Crippen LogP contribution in [0.5, 0.6) is 0 Å². The molecule has 2 atom stereocenters. The summed E-state index contributed by atoms with van der Waals surface area (Å²) in [6, 6.07) is 7.96. The molecule has 1 N–H and O–H groups in total. The van der Waals surface area contributed by atoms with Crippen molar-refractivity contribution in [2.24, 2.45) is 17.8 Å². The van der Waals surface area contributed by atoms with Gasteiger partial charge >= 0.3 is 5.97 Å². The van der Waals surface area contributed by atoms with Crippen molar-refractivity contribution in [2.75, 3.05) is 13.1 Å². The molecule has 1 saturated heterocycles. The molecule has 1 aliphatic carbocycles. The summed E-state index contributed by atoms with van der Waals surface area (Å²) >= 11 is 0. The number of carbonyl (C=O) groups is 2. The first-order valence-corrected chi connectivity index (χ1v) is 9.09. The topological polar surface area (TPSA) is 75.4 Å². The number of nitrogens with zero attached hydrogens (tertiary/aromatic N) is 3. The van der Waals surface area contributed by atoms with Crippen LogP contribution in [-0.2, 0) is 4.79 Å². The minimum Gasteiger partial charge on any atom is -0.481 e. The molecule has 2 aliphatic rings. The van der Waals surface area contributed by atoms with Crippen molar-refractivity contribution in [3.8, 4) is 5.69 Å². The Balaban J connectivity index is 1.58. The first kappa shape index (κ1) is 16.8. The summed E-state index contributed by atoms with van der Waals surface area (Å²) in [6.45, 7) is 4.73. The van der Waals surface area contributed by atoms with Crippen LogP contribution in [0.2, 0.25) is 0 Å². The summed E-state index contributed by atoms with van der Waals surface area (Å²) in [6.07, 6.45) is 3.77. The van der Waals surface area contributed by atoms with Crippen molar-refractivity contribution >= 4 is 11.9 Å². The second-order valence-electron chi connectivity index (χ2n) is 7.55. The molecule has 2 heterocycles. The van der Waals surface area contributed by atoms with E-state index < -0.39 is 11.9 Å². The number of aryl methyl sites for hydroxylation is 1. The summed E-state index contributed by atoms with van der Waals surface area (Å²) in [5, 5.41) is 13.9. The van der Waals surface area contributed by atoms with Crippen molar-refractivity contribution in [3.05, 3.63) is 47.3 Å². The van der Waals surface area contributed by atoms with Crippen molar-refractivity contribution < 1.29 is 14.7 Å². The highest BCUT2D eigenvalue weighted by Crippen LogP contribution is 2.44. The largest absolute Gasteiger partial charge is 0.481 e. The number of aliphatic carboxylic acids is 1. The Morgan fingerprint density at radius 2 is 1.96 bits per heavy atom. The van der Waals surface area contributed by atoms with Gasteiger partial charge in [0.2, 0.25) is 0 Å². The molecule has 0 bridgehead atoms. The number of benzene rings is 1. The molecule has 0 spiro atoms. The fourth-order valence-corrected chi connectivity index (χ4v) is 4.07. The highest BCUT2D eigenvalue weighted by atomic mass is 16.4. The Hall–Kier alpha value is -2.63. The molecule has 2 aromatic rings. The van der Waals surface area contributed by atoms with Crippen LogP contribution in [-0.4, -0.2) is 44.8 Å². The van der Waals surface area contributed by atoms with E-state index >= 15 is 0 Å². The molecule has 1 aromatic heterocycles. The SMILES string of the molecule is Cc1cccc(-n2ncc(C(=O)N3C[C@H](C(=O)O)[C@@H](C4CC4)C3)c2C)c1. The summed E-state index contributed by atoms with van der Waals surface area (Å²) in [7, 11) is 0. The van der Waals surface area contributed by atoms with Crippen LogP contribution in [0.4, 0.5) is 0 Å². The first-order chi connectivity index (χ1) is 12.5. The zero-order valence-corrected chi connectivity index (χ0v) is 15.1. The van der Waals surface area contributed by atoms with Gasteiger partial charge in [0.15, 0.2) is 0 Å². The van der Waals surface area contributed by atoms with Gasteiger partial charge in [-0.1, -0.05) is 12.1 Å². The minimum atomic E-state index is -0.788. The second kappa shape index (κ2) is 6.27. The van der Waals surface area contributed by atoms with E-state index in [4.69, 9.17) is 0 Å². The molecule has 1 saturated carbocycles. The molecule has 6 heteroatoms. The molecule has 2 fully saturated rings. The van der Waals surface area contributed by atoms with Gasteiger partial charge in [-0.3, -0.25) is 9.59 Å². The highest BCUT2D eigenvalue weighted by Gasteiger charge is 2.47. The fraction of sp³-hybridized carbons (Fsp3) is 0.450. The monoisotopic (exact) mass is 353 g/mol. The van der Waals surface area contributed by atoms with Crippen molar-refractivity contribution in [2.45, 2.75) is 26.7 Å². The summed E-state index contributed by atoms with van der Waals surface area (Å²) < 4.78 is 1.77. The molecule has 1 amide bonds.